The summed E-state index contributed by atoms with van der Waals surface area (Å²) in [5.41, 5.74) is 7.25. The van der Waals surface area contributed by atoms with Gasteiger partial charge in [-0.25, -0.2) is 9.79 Å². The van der Waals surface area contributed by atoms with Gasteiger partial charge in [0.1, 0.15) is 5.49 Å². The molecule has 0 bridgehead atoms. The van der Waals surface area contributed by atoms with Crippen LogP contribution in [0.4, 0.5) is 5.69 Å². The third-order valence-corrected chi connectivity index (χ3v) is 6.67. The van der Waals surface area contributed by atoms with Gasteiger partial charge in [-0.05, 0) is 56.0 Å². The molecule has 0 unspecified atom stereocenters. The lowest BCUT2D eigenvalue weighted by atomic mass is 9.97. The van der Waals surface area contributed by atoms with E-state index in [1.54, 1.807) is 36.6 Å². The van der Waals surface area contributed by atoms with Gasteiger partial charge < -0.3 is 20.1 Å². The number of benzene rings is 2. The van der Waals surface area contributed by atoms with Gasteiger partial charge in [0.15, 0.2) is 11.5 Å². The second kappa shape index (κ2) is 11.3. The zero-order valence-electron chi connectivity index (χ0n) is 22.7. The maximum atomic E-state index is 13.9. The Balaban J connectivity index is 1.92. The third kappa shape index (κ3) is 5.13. The molecule has 0 fully saturated rings. The van der Waals surface area contributed by atoms with Gasteiger partial charge in [0, 0.05) is 38.3 Å². The van der Waals surface area contributed by atoms with Crippen LogP contribution in [0.5, 0.6) is 11.5 Å². The number of guanidine groups is 1. The van der Waals surface area contributed by atoms with Gasteiger partial charge >= 0.3 is 5.69 Å². The SMILES string of the molecule is CN/C(=N\C#N)NCCn1c(=O)n2c(c/c1=N\c1c(C)cc(C)cc1C)-c1cc(OC)c(OC)cc1CC2. The van der Waals surface area contributed by atoms with Crippen LogP contribution < -0.4 is 31.3 Å². The van der Waals surface area contributed by atoms with E-state index in [-0.39, 0.29) is 5.69 Å². The molecule has 10 heteroatoms. The van der Waals surface area contributed by atoms with E-state index in [1.165, 1.54) is 0 Å². The van der Waals surface area contributed by atoms with Gasteiger partial charge in [0.25, 0.3) is 0 Å². The number of nitrogens with one attached hydrogen (secondary N) is 2. The smallest absolute Gasteiger partial charge is 0.330 e. The molecule has 2 N–H and O–H groups in total. The zero-order valence-corrected chi connectivity index (χ0v) is 22.7. The number of aromatic nitrogens is 2. The monoisotopic (exact) mass is 515 g/mol. The van der Waals surface area contributed by atoms with E-state index in [9.17, 15) is 4.79 Å². The van der Waals surface area contributed by atoms with Gasteiger partial charge in [0.2, 0.25) is 12.2 Å². The summed E-state index contributed by atoms with van der Waals surface area (Å²) >= 11 is 0. The minimum Gasteiger partial charge on any atom is -0.493 e. The fourth-order valence-electron chi connectivity index (χ4n) is 4.95. The van der Waals surface area contributed by atoms with Crippen molar-refractivity contribution in [3.63, 3.8) is 0 Å². The summed E-state index contributed by atoms with van der Waals surface area (Å²) in [6.07, 6.45) is 2.45. The molecule has 10 nitrogen and oxygen atoms in total. The maximum Gasteiger partial charge on any atom is 0.330 e. The van der Waals surface area contributed by atoms with Crippen LogP contribution in [0.15, 0.2) is 45.1 Å². The lowest BCUT2D eigenvalue weighted by molar-refractivity contribution is 0.354. The van der Waals surface area contributed by atoms with Crippen molar-refractivity contribution in [3.8, 4) is 28.9 Å². The molecule has 0 aliphatic carbocycles. The first-order valence-electron chi connectivity index (χ1n) is 12.4. The minimum absolute atomic E-state index is 0.158. The average Bonchev–Trinajstić information content (AvgIpc) is 2.90. The van der Waals surface area contributed by atoms with Crippen LogP contribution in [0, 0.1) is 32.2 Å². The third-order valence-electron chi connectivity index (χ3n) is 6.67. The van der Waals surface area contributed by atoms with E-state index in [1.807, 2.05) is 32.0 Å². The number of methoxy groups -OCH3 is 2. The Bertz CT molecular complexity index is 1550. The van der Waals surface area contributed by atoms with Crippen molar-refractivity contribution in [2.24, 2.45) is 9.98 Å². The van der Waals surface area contributed by atoms with Crippen LogP contribution in [-0.2, 0) is 19.5 Å². The van der Waals surface area contributed by atoms with Crippen molar-refractivity contribution in [2.45, 2.75) is 40.3 Å². The fraction of sp³-hybridized carbons (Fsp3) is 0.357. The number of rotatable bonds is 6. The molecular weight excluding hydrogens is 482 g/mol. The Labute approximate surface area is 221 Å². The number of ether oxygens (including phenoxy) is 2. The molecule has 0 saturated heterocycles. The molecule has 1 aliphatic heterocycles. The number of hydrogen-bond acceptors (Lipinski definition) is 6. The summed E-state index contributed by atoms with van der Waals surface area (Å²) in [5, 5.41) is 14.8. The molecule has 2 heterocycles. The predicted octanol–water partition coefficient (Wildman–Crippen LogP) is 2.69. The molecule has 0 saturated carbocycles. The van der Waals surface area contributed by atoms with Crippen molar-refractivity contribution in [1.29, 1.82) is 5.26 Å². The molecule has 1 aromatic heterocycles. The summed E-state index contributed by atoms with van der Waals surface area (Å²) in [6, 6.07) is 10.0. The molecule has 3 aromatic rings. The van der Waals surface area contributed by atoms with Crippen molar-refractivity contribution < 1.29 is 9.47 Å². The van der Waals surface area contributed by atoms with Crippen molar-refractivity contribution in [3.05, 3.63) is 68.6 Å². The van der Waals surface area contributed by atoms with Crippen molar-refractivity contribution >= 4 is 11.6 Å². The normalized spacial score (nSPS) is 12.9. The van der Waals surface area contributed by atoms with E-state index in [0.717, 1.165) is 39.2 Å². The van der Waals surface area contributed by atoms with Crippen LogP contribution in [0.2, 0.25) is 0 Å². The number of fused-ring (bicyclic) bond motifs is 3. The predicted molar refractivity (Wildman–Crippen MR) is 147 cm³/mol. The maximum absolute atomic E-state index is 13.9. The van der Waals surface area contributed by atoms with Crippen LogP contribution in [0.1, 0.15) is 22.3 Å². The molecule has 0 radical (unpaired) electrons. The van der Waals surface area contributed by atoms with Crippen LogP contribution in [0.3, 0.4) is 0 Å². The highest BCUT2D eigenvalue weighted by atomic mass is 16.5. The molecule has 0 spiro atoms. The molecule has 38 heavy (non-hydrogen) atoms. The van der Waals surface area contributed by atoms with Crippen LogP contribution in [0.25, 0.3) is 11.3 Å². The highest BCUT2D eigenvalue weighted by Crippen LogP contribution is 2.37. The topological polar surface area (TPSA) is 118 Å². The lowest BCUT2D eigenvalue weighted by Gasteiger charge is -2.24. The van der Waals surface area contributed by atoms with Gasteiger partial charge in [-0.3, -0.25) is 9.13 Å². The van der Waals surface area contributed by atoms with Gasteiger partial charge in [0.05, 0.1) is 25.6 Å². The summed E-state index contributed by atoms with van der Waals surface area (Å²) in [6.45, 7) is 7.34. The molecule has 0 amide bonds. The highest BCUT2D eigenvalue weighted by molar-refractivity contribution is 5.80. The second-order valence-electron chi connectivity index (χ2n) is 9.18. The number of nitriles is 1. The molecule has 198 valence electrons. The summed E-state index contributed by atoms with van der Waals surface area (Å²) in [5.74, 6) is 1.60. The molecule has 2 aromatic carbocycles. The Morgan fingerprint density at radius 1 is 1.08 bits per heavy atom. The number of aliphatic imine (C=N–C) groups is 1. The van der Waals surface area contributed by atoms with E-state index in [4.69, 9.17) is 19.7 Å². The molecule has 1 aliphatic rings. The van der Waals surface area contributed by atoms with Crippen LogP contribution >= 0.6 is 0 Å². The molecule has 0 atom stereocenters. The van der Waals surface area contributed by atoms with Crippen LogP contribution in [-0.4, -0.2) is 42.9 Å². The van der Waals surface area contributed by atoms with E-state index < -0.39 is 0 Å². The zero-order chi connectivity index (χ0) is 27.4. The Kier molecular flexibility index (Phi) is 7.86. The van der Waals surface area contributed by atoms with Gasteiger partial charge in [-0.15, -0.1) is 4.99 Å². The average molecular weight is 516 g/mol. The van der Waals surface area contributed by atoms with Gasteiger partial charge in [-0.1, -0.05) is 17.7 Å². The Morgan fingerprint density at radius 2 is 1.76 bits per heavy atom. The van der Waals surface area contributed by atoms with Gasteiger partial charge in [-0.2, -0.15) is 5.26 Å². The summed E-state index contributed by atoms with van der Waals surface area (Å²) in [4.78, 5) is 22.6. The molecular formula is C28H33N7O3. The van der Waals surface area contributed by atoms with E-state index in [0.29, 0.717) is 49.0 Å². The number of hydrogen-bond donors (Lipinski definition) is 2. The standard InChI is InChI=1S/C28H33N7O3/c1-17-11-18(2)26(19(3)12-17)33-25-15-22-21-14-24(38-6)23(37-5)13-20(21)7-9-34(22)28(36)35(25)10-8-31-27(30-4)32-16-29/h11-15H,7-10H2,1-6H3,(H2,30,31,32)/b33-25+. The van der Waals surface area contributed by atoms with Crippen molar-refractivity contribution in [1.82, 2.24) is 19.8 Å². The largest absolute Gasteiger partial charge is 0.493 e. The lowest BCUT2D eigenvalue weighted by Crippen LogP contribution is -2.45. The number of nitrogens with zero attached hydrogens (tertiary/aromatic N) is 5. The summed E-state index contributed by atoms with van der Waals surface area (Å²) < 4.78 is 14.5. The quantitative estimate of drug-likeness (QED) is 0.296. The van der Waals surface area contributed by atoms with E-state index in [2.05, 4.69) is 34.7 Å². The first-order chi connectivity index (χ1) is 18.3. The highest BCUT2D eigenvalue weighted by Gasteiger charge is 2.22. The fourth-order valence-corrected chi connectivity index (χ4v) is 4.95. The number of aryl methyl sites for hydroxylation is 4. The molecule has 4 rings (SSSR count). The Hall–Kier alpha value is -4.52. The Morgan fingerprint density at radius 3 is 2.39 bits per heavy atom. The summed E-state index contributed by atoms with van der Waals surface area (Å²) in [7, 11) is 4.89. The minimum atomic E-state index is -0.158. The first kappa shape index (κ1) is 26.5. The van der Waals surface area contributed by atoms with E-state index >= 15 is 0 Å². The second-order valence-corrected chi connectivity index (χ2v) is 9.18. The van der Waals surface area contributed by atoms with Crippen molar-refractivity contribution in [2.75, 3.05) is 27.8 Å². The first-order valence-corrected chi connectivity index (χ1v) is 12.4.